The third kappa shape index (κ3) is 5.30. The predicted octanol–water partition coefficient (Wildman–Crippen LogP) is 4.90. The summed E-state index contributed by atoms with van der Waals surface area (Å²) in [5, 5.41) is 14.5. The molecule has 226 valence electrons. The lowest BCUT2D eigenvalue weighted by atomic mass is 9.85. The second-order valence-corrected chi connectivity index (χ2v) is 12.6. The molecule has 5 rings (SSSR count). The molecule has 1 unspecified atom stereocenters. The predicted molar refractivity (Wildman–Crippen MR) is 166 cm³/mol. The minimum Gasteiger partial charge on any atom is -0.375 e. The van der Waals surface area contributed by atoms with Gasteiger partial charge in [-0.3, -0.25) is 19.4 Å². The third-order valence-electron chi connectivity index (χ3n) is 9.16. The van der Waals surface area contributed by atoms with Gasteiger partial charge in [0, 0.05) is 67.6 Å². The number of ether oxygens (including phenoxy) is 1. The topological polar surface area (TPSA) is 99.6 Å². The molecular formula is C31H42ClN7O3. The van der Waals surface area contributed by atoms with Crippen molar-refractivity contribution >= 4 is 40.1 Å². The van der Waals surface area contributed by atoms with Crippen LogP contribution in [0.4, 0.5) is 5.82 Å². The number of carbonyl (C=O) groups excluding carboxylic acids is 2. The molecule has 0 bridgehead atoms. The number of methoxy groups -OCH3 is 1. The van der Waals surface area contributed by atoms with Crippen LogP contribution < -0.4 is 4.90 Å². The molecule has 1 atom stereocenters. The van der Waals surface area contributed by atoms with Crippen molar-refractivity contribution in [3.63, 3.8) is 0 Å². The van der Waals surface area contributed by atoms with Crippen molar-refractivity contribution in [3.8, 4) is 11.1 Å². The van der Waals surface area contributed by atoms with Crippen LogP contribution in [-0.4, -0.2) is 93.6 Å². The summed E-state index contributed by atoms with van der Waals surface area (Å²) in [6.07, 6.45) is 6.44. The average Bonchev–Trinajstić information content (AvgIpc) is 3.56. The van der Waals surface area contributed by atoms with Crippen LogP contribution in [0.15, 0.2) is 24.9 Å². The number of halogens is 1. The summed E-state index contributed by atoms with van der Waals surface area (Å²) in [4.78, 5) is 31.0. The minimum atomic E-state index is -0.295. The number of likely N-dealkylation sites (N-methyl/N-ethyl adjacent to an activating group) is 1. The Bertz CT molecular complexity index is 1500. The largest absolute Gasteiger partial charge is 0.375 e. The van der Waals surface area contributed by atoms with Gasteiger partial charge >= 0.3 is 0 Å². The van der Waals surface area contributed by atoms with Gasteiger partial charge in [0.25, 0.3) is 0 Å². The van der Waals surface area contributed by atoms with Crippen LogP contribution >= 0.6 is 11.6 Å². The van der Waals surface area contributed by atoms with E-state index >= 15 is 0 Å². The van der Waals surface area contributed by atoms with Crippen LogP contribution in [0.25, 0.3) is 22.0 Å². The molecule has 0 aliphatic carbocycles. The molecule has 2 aliphatic heterocycles. The number of amides is 2. The number of anilines is 1. The van der Waals surface area contributed by atoms with E-state index in [0.29, 0.717) is 18.1 Å². The highest BCUT2D eigenvalue weighted by atomic mass is 35.5. The van der Waals surface area contributed by atoms with Crippen LogP contribution in [0.1, 0.15) is 56.8 Å². The molecule has 1 aromatic carbocycles. The number of hydrogen-bond donors (Lipinski definition) is 1. The number of piperidine rings is 2. The number of aromatic nitrogens is 4. The molecule has 2 aliphatic rings. The molecule has 2 amide bonds. The molecule has 11 heteroatoms. The normalized spacial score (nSPS) is 19.4. The Morgan fingerprint density at radius 3 is 2.57 bits per heavy atom. The van der Waals surface area contributed by atoms with Gasteiger partial charge in [0.05, 0.1) is 22.8 Å². The van der Waals surface area contributed by atoms with Crippen molar-refractivity contribution in [2.75, 3.05) is 45.3 Å². The number of aromatic amines is 1. The third-order valence-corrected chi connectivity index (χ3v) is 9.65. The van der Waals surface area contributed by atoms with E-state index in [1.807, 2.05) is 36.0 Å². The van der Waals surface area contributed by atoms with Gasteiger partial charge in [0.2, 0.25) is 11.8 Å². The number of nitrogens with one attached hydrogen (secondary N) is 1. The van der Waals surface area contributed by atoms with Gasteiger partial charge < -0.3 is 19.4 Å². The van der Waals surface area contributed by atoms with Gasteiger partial charge in [-0.2, -0.15) is 10.2 Å². The molecule has 2 aromatic heterocycles. The van der Waals surface area contributed by atoms with Crippen LogP contribution in [0, 0.1) is 13.8 Å². The maximum absolute atomic E-state index is 12.6. The number of rotatable bonds is 7. The van der Waals surface area contributed by atoms with Gasteiger partial charge in [0.1, 0.15) is 6.61 Å². The van der Waals surface area contributed by atoms with Crippen molar-refractivity contribution in [1.29, 1.82) is 0 Å². The smallest absolute Gasteiger partial charge is 0.248 e. The molecule has 4 heterocycles. The van der Waals surface area contributed by atoms with Crippen molar-refractivity contribution in [2.45, 2.75) is 71.0 Å². The zero-order valence-corrected chi connectivity index (χ0v) is 26.3. The first-order valence-corrected chi connectivity index (χ1v) is 15.0. The van der Waals surface area contributed by atoms with E-state index in [1.54, 1.807) is 7.11 Å². The first-order valence-electron chi connectivity index (χ1n) is 14.6. The standard InChI is InChI=1S/C31H42ClN7O3/c1-8-25(40)37-12-9-21(10-13-37)39-20(3)27(28-23-17-33-34-24(23)15-19(2)29(28)32)30(35-39)38-14-11-22(16-31(38,4)5)36(6)26(41)18-42-7/h8,15,17,21-22H,1,9-14,16,18H2,2-7H3,(H,33,34). The van der Waals surface area contributed by atoms with E-state index < -0.39 is 0 Å². The number of carbonyl (C=O) groups is 2. The number of hydrogen-bond acceptors (Lipinski definition) is 6. The number of likely N-dealkylation sites (tertiary alicyclic amines) is 1. The Balaban J connectivity index is 1.59. The molecule has 0 spiro atoms. The number of benzene rings is 1. The summed E-state index contributed by atoms with van der Waals surface area (Å²) in [5.41, 5.74) is 4.58. The lowest BCUT2D eigenvalue weighted by Gasteiger charge is -2.48. The fraction of sp³-hybridized carbons (Fsp3) is 0.548. The maximum atomic E-state index is 12.6. The highest BCUT2D eigenvalue weighted by Crippen LogP contribution is 2.47. The van der Waals surface area contributed by atoms with E-state index in [2.05, 4.69) is 47.1 Å². The molecule has 3 aromatic rings. The molecule has 0 radical (unpaired) electrons. The van der Waals surface area contributed by atoms with Crippen molar-refractivity contribution in [1.82, 2.24) is 29.8 Å². The number of aryl methyl sites for hydroxylation is 1. The van der Waals surface area contributed by atoms with Crippen molar-refractivity contribution in [2.24, 2.45) is 0 Å². The van der Waals surface area contributed by atoms with E-state index in [1.165, 1.54) is 6.08 Å². The molecule has 2 saturated heterocycles. The monoisotopic (exact) mass is 595 g/mol. The van der Waals surface area contributed by atoms with Gasteiger partial charge in [-0.25, -0.2) is 0 Å². The lowest BCUT2D eigenvalue weighted by molar-refractivity contribution is -0.136. The summed E-state index contributed by atoms with van der Waals surface area (Å²) >= 11 is 7.11. The number of H-pyrrole nitrogens is 1. The van der Waals surface area contributed by atoms with Gasteiger partial charge in [-0.15, -0.1) is 0 Å². The number of fused-ring (bicyclic) bond motifs is 1. The molecule has 10 nitrogen and oxygen atoms in total. The minimum absolute atomic E-state index is 0.0114. The summed E-state index contributed by atoms with van der Waals surface area (Å²) in [6.45, 7) is 14.4. The summed E-state index contributed by atoms with van der Waals surface area (Å²) in [7, 11) is 3.42. The molecule has 2 fully saturated rings. The van der Waals surface area contributed by atoms with Gasteiger partial charge in [0.15, 0.2) is 5.82 Å². The van der Waals surface area contributed by atoms with E-state index in [-0.39, 0.29) is 36.0 Å². The SMILES string of the molecule is C=CC(=O)N1CCC(n2nc(N3CCC(N(C)C(=O)COC)CC3(C)C)c(-c3c(Cl)c(C)cc4[nH]ncc34)c2C)CC1. The highest BCUT2D eigenvalue weighted by molar-refractivity contribution is 6.36. The summed E-state index contributed by atoms with van der Waals surface area (Å²) in [6, 6.07) is 2.27. The van der Waals surface area contributed by atoms with Gasteiger partial charge in [-0.1, -0.05) is 18.2 Å². The quantitative estimate of drug-likeness (QED) is 0.390. The maximum Gasteiger partial charge on any atom is 0.248 e. The average molecular weight is 596 g/mol. The first-order chi connectivity index (χ1) is 20.0. The molecule has 42 heavy (non-hydrogen) atoms. The van der Waals surface area contributed by atoms with Crippen LogP contribution in [-0.2, 0) is 14.3 Å². The fourth-order valence-electron chi connectivity index (χ4n) is 6.77. The second kappa shape index (κ2) is 11.7. The Labute approximate surface area is 252 Å². The van der Waals surface area contributed by atoms with E-state index in [0.717, 1.165) is 71.3 Å². The van der Waals surface area contributed by atoms with E-state index in [9.17, 15) is 9.59 Å². The number of nitrogens with zero attached hydrogens (tertiary/aromatic N) is 6. The van der Waals surface area contributed by atoms with Crippen LogP contribution in [0.5, 0.6) is 0 Å². The van der Waals surface area contributed by atoms with Crippen LogP contribution in [0.2, 0.25) is 5.02 Å². The Kier molecular flexibility index (Phi) is 8.40. The molecular weight excluding hydrogens is 554 g/mol. The zero-order valence-electron chi connectivity index (χ0n) is 25.5. The van der Waals surface area contributed by atoms with Crippen molar-refractivity contribution in [3.05, 3.63) is 41.2 Å². The Hall–Kier alpha value is -3.37. The summed E-state index contributed by atoms with van der Waals surface area (Å²) < 4.78 is 7.26. The highest BCUT2D eigenvalue weighted by Gasteiger charge is 2.41. The molecule has 0 saturated carbocycles. The second-order valence-electron chi connectivity index (χ2n) is 12.3. The van der Waals surface area contributed by atoms with Gasteiger partial charge in [-0.05, 0) is 71.1 Å². The van der Waals surface area contributed by atoms with Crippen molar-refractivity contribution < 1.29 is 14.3 Å². The molecule has 1 N–H and O–H groups in total. The summed E-state index contributed by atoms with van der Waals surface area (Å²) in [5.74, 6) is 0.851. The van der Waals surface area contributed by atoms with Crippen LogP contribution in [0.3, 0.4) is 0 Å². The first kappa shape index (κ1) is 30.1. The Morgan fingerprint density at radius 1 is 1.21 bits per heavy atom. The fourth-order valence-corrected chi connectivity index (χ4v) is 7.02. The zero-order chi connectivity index (χ0) is 30.3. The lowest BCUT2D eigenvalue weighted by Crippen LogP contribution is -2.56. The Morgan fingerprint density at radius 2 is 1.93 bits per heavy atom. The van der Waals surface area contributed by atoms with E-state index in [4.69, 9.17) is 21.4 Å².